The summed E-state index contributed by atoms with van der Waals surface area (Å²) in [6.07, 6.45) is 4.30. The maximum absolute atomic E-state index is 11.3. The van der Waals surface area contributed by atoms with Gasteiger partial charge in [-0.05, 0) is 24.1 Å². The third kappa shape index (κ3) is 4.02. The number of hydrogen-bond acceptors (Lipinski definition) is 3. The maximum Gasteiger partial charge on any atom is 0.320 e. The summed E-state index contributed by atoms with van der Waals surface area (Å²) >= 11 is 3.51. The molecule has 2 rings (SSSR count). The molecule has 112 valence electrons. The molecule has 0 aliphatic carbocycles. The quantitative estimate of drug-likeness (QED) is 0.798. The average molecular weight is 351 g/mol. The number of carboxylic acid groups (broad SMARTS) is 1. The molecule has 1 atom stereocenters. The number of pyridine rings is 1. The summed E-state index contributed by atoms with van der Waals surface area (Å²) in [5.41, 5.74) is 1.91. The topological polar surface area (TPSA) is 62.2 Å². The molecule has 5 heteroatoms. The van der Waals surface area contributed by atoms with E-state index in [-0.39, 0.29) is 0 Å². The molecule has 0 radical (unpaired) electrons. The first kappa shape index (κ1) is 15.9. The lowest BCUT2D eigenvalue weighted by Gasteiger charge is -2.15. The molecule has 0 fully saturated rings. The number of hydrogen-bond donors (Lipinski definition) is 2. The van der Waals surface area contributed by atoms with Gasteiger partial charge in [-0.1, -0.05) is 47.8 Å². The van der Waals surface area contributed by atoms with E-state index in [1.54, 1.807) is 6.20 Å². The number of aliphatic carboxylic acids is 1. The first-order valence-corrected chi connectivity index (χ1v) is 7.91. The molecule has 0 bridgehead atoms. The molecule has 0 saturated heterocycles. The lowest BCUT2D eigenvalue weighted by molar-refractivity contribution is -0.139. The van der Waals surface area contributed by atoms with E-state index in [9.17, 15) is 9.90 Å². The van der Waals surface area contributed by atoms with Gasteiger partial charge in [-0.3, -0.25) is 9.78 Å². The zero-order chi connectivity index (χ0) is 15.2. The second-order valence-electron chi connectivity index (χ2n) is 5.02. The molecule has 2 aromatic rings. The zero-order valence-corrected chi connectivity index (χ0v) is 13.6. The van der Waals surface area contributed by atoms with Crippen molar-refractivity contribution in [3.8, 4) is 0 Å². The fourth-order valence-corrected chi connectivity index (χ4v) is 2.75. The maximum atomic E-state index is 11.3. The van der Waals surface area contributed by atoms with Crippen molar-refractivity contribution in [1.29, 1.82) is 0 Å². The minimum absolute atomic E-state index is 0.501. The van der Waals surface area contributed by atoms with Gasteiger partial charge < -0.3 is 10.4 Å². The fourth-order valence-electron chi connectivity index (χ4n) is 2.29. The molecule has 0 amide bonds. The predicted octanol–water partition coefficient (Wildman–Crippen LogP) is 3.73. The molecule has 0 aliphatic rings. The van der Waals surface area contributed by atoms with Crippen LogP contribution in [0.25, 0.3) is 10.9 Å². The number of halogens is 1. The summed E-state index contributed by atoms with van der Waals surface area (Å²) in [5.74, 6) is -0.794. The van der Waals surface area contributed by atoms with Crippen LogP contribution in [0.15, 0.2) is 34.9 Å². The van der Waals surface area contributed by atoms with Crippen LogP contribution < -0.4 is 5.32 Å². The second-order valence-corrected chi connectivity index (χ2v) is 5.87. The minimum Gasteiger partial charge on any atom is -0.480 e. The number of rotatable bonds is 7. The highest BCUT2D eigenvalue weighted by atomic mass is 79.9. The molecule has 1 aromatic carbocycles. The van der Waals surface area contributed by atoms with Gasteiger partial charge in [0, 0.05) is 22.6 Å². The second kappa shape index (κ2) is 7.52. The largest absolute Gasteiger partial charge is 0.480 e. The Kier molecular flexibility index (Phi) is 5.70. The van der Waals surface area contributed by atoms with E-state index in [0.29, 0.717) is 13.0 Å². The molecule has 0 unspecified atom stereocenters. The Bertz CT molecular complexity index is 631. The molecular weight excluding hydrogens is 332 g/mol. The van der Waals surface area contributed by atoms with Crippen LogP contribution in [-0.4, -0.2) is 22.1 Å². The molecule has 21 heavy (non-hydrogen) atoms. The number of nitrogens with zero attached hydrogens (tertiary/aromatic N) is 1. The third-order valence-electron chi connectivity index (χ3n) is 3.48. The van der Waals surface area contributed by atoms with E-state index in [0.717, 1.165) is 33.8 Å². The highest BCUT2D eigenvalue weighted by Crippen LogP contribution is 2.25. The highest BCUT2D eigenvalue weighted by molar-refractivity contribution is 9.10. The summed E-state index contributed by atoms with van der Waals surface area (Å²) in [7, 11) is 0. The van der Waals surface area contributed by atoms with Gasteiger partial charge in [0.1, 0.15) is 6.04 Å². The molecule has 4 nitrogen and oxygen atoms in total. The highest BCUT2D eigenvalue weighted by Gasteiger charge is 2.16. The summed E-state index contributed by atoms with van der Waals surface area (Å²) in [5, 5.41) is 13.4. The lowest BCUT2D eigenvalue weighted by Crippen LogP contribution is -2.36. The molecule has 2 N–H and O–H groups in total. The van der Waals surface area contributed by atoms with Crippen molar-refractivity contribution in [3.05, 3.63) is 40.5 Å². The lowest BCUT2D eigenvalue weighted by atomic mass is 10.1. The number of carbonyl (C=O) groups is 1. The molecular formula is C16H19BrN2O2. The number of aromatic nitrogens is 1. The van der Waals surface area contributed by atoms with E-state index in [4.69, 9.17) is 0 Å². The van der Waals surface area contributed by atoms with Gasteiger partial charge >= 0.3 is 5.97 Å². The van der Waals surface area contributed by atoms with E-state index in [1.807, 2.05) is 24.3 Å². The first-order valence-electron chi connectivity index (χ1n) is 7.11. The normalized spacial score (nSPS) is 12.5. The molecule has 0 saturated carbocycles. The van der Waals surface area contributed by atoms with Crippen LogP contribution in [0.5, 0.6) is 0 Å². The van der Waals surface area contributed by atoms with Crippen molar-refractivity contribution in [2.24, 2.45) is 0 Å². The Balaban J connectivity index is 2.16. The average Bonchev–Trinajstić information content (AvgIpc) is 2.49. The molecule has 0 spiro atoms. The van der Waals surface area contributed by atoms with Gasteiger partial charge in [0.05, 0.1) is 5.52 Å². The van der Waals surface area contributed by atoms with Crippen LogP contribution in [0.3, 0.4) is 0 Å². The monoisotopic (exact) mass is 350 g/mol. The van der Waals surface area contributed by atoms with Crippen LogP contribution in [0.1, 0.15) is 31.7 Å². The van der Waals surface area contributed by atoms with Crippen molar-refractivity contribution >= 4 is 32.8 Å². The minimum atomic E-state index is -0.794. The Labute approximate surface area is 132 Å². The zero-order valence-electron chi connectivity index (χ0n) is 12.0. The van der Waals surface area contributed by atoms with Gasteiger partial charge in [-0.2, -0.15) is 0 Å². The number of carboxylic acids is 1. The smallest absolute Gasteiger partial charge is 0.320 e. The fraction of sp³-hybridized carbons (Fsp3) is 0.375. The van der Waals surface area contributed by atoms with Crippen LogP contribution >= 0.6 is 15.9 Å². The summed E-state index contributed by atoms with van der Waals surface area (Å²) < 4.78 is 0.995. The number of unbranched alkanes of at least 4 members (excludes halogenated alkanes) is 1. The van der Waals surface area contributed by atoms with Crippen LogP contribution in [0.2, 0.25) is 0 Å². The number of nitrogens with one attached hydrogen (secondary N) is 1. The van der Waals surface area contributed by atoms with E-state index < -0.39 is 12.0 Å². The number of benzene rings is 1. The van der Waals surface area contributed by atoms with Gasteiger partial charge in [-0.15, -0.1) is 0 Å². The summed E-state index contributed by atoms with van der Waals surface area (Å²) in [4.78, 5) is 15.7. The Morgan fingerprint density at radius 1 is 1.43 bits per heavy atom. The van der Waals surface area contributed by atoms with Crippen molar-refractivity contribution in [2.45, 2.75) is 38.8 Å². The van der Waals surface area contributed by atoms with E-state index >= 15 is 0 Å². The standard InChI is InChI=1S/C16H19BrN2O2/c1-2-3-6-14(16(20)21)19-10-11-7-8-13(17)12-5-4-9-18-15(11)12/h4-5,7-9,14,19H,2-3,6,10H2,1H3,(H,20,21)/t14-/m0/s1. The van der Waals surface area contributed by atoms with Gasteiger partial charge in [0.15, 0.2) is 0 Å². The van der Waals surface area contributed by atoms with Crippen LogP contribution in [-0.2, 0) is 11.3 Å². The molecule has 1 heterocycles. The molecule has 0 aliphatic heterocycles. The van der Waals surface area contributed by atoms with Crippen molar-refractivity contribution in [3.63, 3.8) is 0 Å². The van der Waals surface area contributed by atoms with E-state index in [1.165, 1.54) is 0 Å². The molecule has 1 aromatic heterocycles. The summed E-state index contributed by atoms with van der Waals surface area (Å²) in [6, 6.07) is 7.34. The Hall–Kier alpha value is -1.46. The van der Waals surface area contributed by atoms with Gasteiger partial charge in [0.2, 0.25) is 0 Å². The first-order chi connectivity index (χ1) is 10.1. The van der Waals surface area contributed by atoms with Crippen LogP contribution in [0.4, 0.5) is 0 Å². The van der Waals surface area contributed by atoms with Crippen molar-refractivity contribution < 1.29 is 9.90 Å². The third-order valence-corrected chi connectivity index (χ3v) is 4.17. The van der Waals surface area contributed by atoms with Crippen LogP contribution in [0, 0.1) is 0 Å². The van der Waals surface area contributed by atoms with Crippen molar-refractivity contribution in [2.75, 3.05) is 0 Å². The Morgan fingerprint density at radius 2 is 2.24 bits per heavy atom. The predicted molar refractivity (Wildman–Crippen MR) is 87.2 cm³/mol. The van der Waals surface area contributed by atoms with Crippen molar-refractivity contribution in [1.82, 2.24) is 10.3 Å². The van der Waals surface area contributed by atoms with Gasteiger partial charge in [0.25, 0.3) is 0 Å². The van der Waals surface area contributed by atoms with E-state index in [2.05, 4.69) is 33.2 Å². The van der Waals surface area contributed by atoms with Gasteiger partial charge in [-0.25, -0.2) is 0 Å². The SMILES string of the molecule is CCCC[C@H](NCc1ccc(Br)c2cccnc12)C(=O)O. The Morgan fingerprint density at radius 3 is 2.95 bits per heavy atom. The summed E-state index contributed by atoms with van der Waals surface area (Å²) in [6.45, 7) is 2.56. The number of fused-ring (bicyclic) bond motifs is 1.